The van der Waals surface area contributed by atoms with E-state index in [9.17, 15) is 0 Å². The molecular formula is C25H27NO2. The molecule has 0 saturated carbocycles. The maximum absolute atomic E-state index is 6.12. The fourth-order valence-electron chi connectivity index (χ4n) is 3.25. The molecule has 3 aromatic carbocycles. The molecule has 1 aliphatic rings. The second-order valence-corrected chi connectivity index (χ2v) is 8.28. The standard InChI is InChI=1S/C25H27NO2/c1-24(2)25(3,4)28-23(27-24)20-12-16-22(17-13-20)26-21-14-10-19(11-15-21)18-8-6-5-7-9-18/h5-17,23,26H,1-4H3. The van der Waals surface area contributed by atoms with E-state index in [4.69, 9.17) is 9.47 Å². The van der Waals surface area contributed by atoms with Gasteiger partial charge in [0.15, 0.2) is 6.29 Å². The van der Waals surface area contributed by atoms with Crippen molar-refractivity contribution in [1.82, 2.24) is 0 Å². The van der Waals surface area contributed by atoms with Crippen molar-refractivity contribution in [2.24, 2.45) is 0 Å². The van der Waals surface area contributed by atoms with Crippen molar-refractivity contribution in [3.05, 3.63) is 84.4 Å². The number of hydrogen-bond acceptors (Lipinski definition) is 3. The zero-order valence-electron chi connectivity index (χ0n) is 16.9. The summed E-state index contributed by atoms with van der Waals surface area (Å²) in [7, 11) is 0. The molecule has 1 N–H and O–H groups in total. The van der Waals surface area contributed by atoms with Gasteiger partial charge in [0.2, 0.25) is 0 Å². The minimum Gasteiger partial charge on any atom is -0.356 e. The lowest BCUT2D eigenvalue weighted by Crippen LogP contribution is -2.41. The summed E-state index contributed by atoms with van der Waals surface area (Å²) in [5.74, 6) is 0. The van der Waals surface area contributed by atoms with E-state index in [0.717, 1.165) is 16.9 Å². The van der Waals surface area contributed by atoms with Gasteiger partial charge < -0.3 is 14.8 Å². The molecule has 3 nitrogen and oxygen atoms in total. The van der Waals surface area contributed by atoms with E-state index in [0.29, 0.717) is 0 Å². The van der Waals surface area contributed by atoms with Crippen LogP contribution in [0.25, 0.3) is 11.1 Å². The SMILES string of the molecule is CC1(C)OC(c2ccc(Nc3ccc(-c4ccccc4)cc3)cc2)OC1(C)C. The Balaban J connectivity index is 1.44. The number of rotatable bonds is 4. The third-order valence-corrected chi connectivity index (χ3v) is 5.72. The first-order chi connectivity index (χ1) is 13.3. The molecule has 0 amide bonds. The Morgan fingerprint density at radius 1 is 0.607 bits per heavy atom. The summed E-state index contributed by atoms with van der Waals surface area (Å²) in [6.45, 7) is 8.29. The van der Waals surface area contributed by atoms with Crippen LogP contribution in [0, 0.1) is 0 Å². The number of benzene rings is 3. The molecule has 0 atom stereocenters. The van der Waals surface area contributed by atoms with Gasteiger partial charge in [-0.3, -0.25) is 0 Å². The Labute approximate surface area is 167 Å². The molecule has 1 aliphatic heterocycles. The van der Waals surface area contributed by atoms with Crippen LogP contribution in [-0.4, -0.2) is 11.2 Å². The van der Waals surface area contributed by atoms with E-state index in [2.05, 4.69) is 106 Å². The topological polar surface area (TPSA) is 30.5 Å². The maximum atomic E-state index is 6.12. The third-order valence-electron chi connectivity index (χ3n) is 5.72. The van der Waals surface area contributed by atoms with Gasteiger partial charge in [0.25, 0.3) is 0 Å². The highest BCUT2D eigenvalue weighted by Crippen LogP contribution is 2.44. The minimum atomic E-state index is -0.329. The predicted octanol–water partition coefficient (Wildman–Crippen LogP) is 6.70. The third kappa shape index (κ3) is 3.68. The Bertz CT molecular complexity index is 913. The Morgan fingerprint density at radius 2 is 1.07 bits per heavy atom. The van der Waals surface area contributed by atoms with Crippen LogP contribution in [0.4, 0.5) is 11.4 Å². The molecule has 1 heterocycles. The van der Waals surface area contributed by atoms with Gasteiger partial charge in [0.1, 0.15) is 0 Å². The summed E-state index contributed by atoms with van der Waals surface area (Å²) in [6.07, 6.45) is -0.329. The molecule has 0 radical (unpaired) electrons. The molecule has 28 heavy (non-hydrogen) atoms. The first-order valence-electron chi connectivity index (χ1n) is 9.72. The summed E-state index contributed by atoms with van der Waals surface area (Å²) in [5, 5.41) is 3.45. The van der Waals surface area contributed by atoms with E-state index in [-0.39, 0.29) is 17.5 Å². The fourth-order valence-corrected chi connectivity index (χ4v) is 3.25. The van der Waals surface area contributed by atoms with Crippen LogP contribution in [0.2, 0.25) is 0 Å². The summed E-state index contributed by atoms with van der Waals surface area (Å²) in [4.78, 5) is 0. The molecule has 4 rings (SSSR count). The molecule has 144 valence electrons. The van der Waals surface area contributed by atoms with Crippen LogP contribution in [0.3, 0.4) is 0 Å². The monoisotopic (exact) mass is 373 g/mol. The van der Waals surface area contributed by atoms with Gasteiger partial charge in [0, 0.05) is 16.9 Å². The second-order valence-electron chi connectivity index (χ2n) is 8.28. The molecular weight excluding hydrogens is 346 g/mol. The number of anilines is 2. The lowest BCUT2D eigenvalue weighted by Gasteiger charge is -2.30. The van der Waals surface area contributed by atoms with Crippen molar-refractivity contribution in [1.29, 1.82) is 0 Å². The Hall–Kier alpha value is -2.62. The van der Waals surface area contributed by atoms with Crippen LogP contribution >= 0.6 is 0 Å². The van der Waals surface area contributed by atoms with Crippen molar-refractivity contribution in [2.45, 2.75) is 45.2 Å². The van der Waals surface area contributed by atoms with Gasteiger partial charge in [0.05, 0.1) is 11.2 Å². The van der Waals surface area contributed by atoms with E-state index in [1.54, 1.807) is 0 Å². The minimum absolute atomic E-state index is 0.324. The van der Waals surface area contributed by atoms with Crippen molar-refractivity contribution in [2.75, 3.05) is 5.32 Å². The molecule has 0 bridgehead atoms. The fraction of sp³-hybridized carbons (Fsp3) is 0.280. The highest BCUT2D eigenvalue weighted by Gasteiger charge is 2.49. The summed E-state index contributed by atoms with van der Waals surface area (Å²) < 4.78 is 12.2. The predicted molar refractivity (Wildman–Crippen MR) is 115 cm³/mol. The van der Waals surface area contributed by atoms with E-state index in [1.807, 2.05) is 6.07 Å². The van der Waals surface area contributed by atoms with Crippen LogP contribution in [0.5, 0.6) is 0 Å². The van der Waals surface area contributed by atoms with Crippen molar-refractivity contribution in [3.63, 3.8) is 0 Å². The van der Waals surface area contributed by atoms with Gasteiger partial charge in [-0.1, -0.05) is 54.6 Å². The quantitative estimate of drug-likeness (QED) is 0.552. The molecule has 0 spiro atoms. The zero-order chi connectivity index (χ0) is 19.8. The van der Waals surface area contributed by atoms with Gasteiger partial charge >= 0.3 is 0 Å². The Kier molecular flexibility index (Phi) is 4.74. The lowest BCUT2D eigenvalue weighted by atomic mass is 9.90. The Morgan fingerprint density at radius 3 is 1.61 bits per heavy atom. The van der Waals surface area contributed by atoms with Crippen molar-refractivity contribution >= 4 is 11.4 Å². The smallest absolute Gasteiger partial charge is 0.185 e. The highest BCUT2D eigenvalue weighted by atomic mass is 16.7. The van der Waals surface area contributed by atoms with Crippen molar-refractivity contribution in [3.8, 4) is 11.1 Å². The summed E-state index contributed by atoms with van der Waals surface area (Å²) in [6, 6.07) is 27.1. The number of ether oxygens (including phenoxy) is 2. The van der Waals surface area contributed by atoms with Crippen LogP contribution in [-0.2, 0) is 9.47 Å². The molecule has 1 fully saturated rings. The number of nitrogens with one attached hydrogen (secondary N) is 1. The van der Waals surface area contributed by atoms with Gasteiger partial charge in [-0.25, -0.2) is 0 Å². The average molecular weight is 373 g/mol. The number of hydrogen-bond donors (Lipinski definition) is 1. The van der Waals surface area contributed by atoms with E-state index < -0.39 is 0 Å². The van der Waals surface area contributed by atoms with Gasteiger partial charge in [-0.05, 0) is 63.1 Å². The van der Waals surface area contributed by atoms with Crippen LogP contribution in [0.1, 0.15) is 39.5 Å². The maximum Gasteiger partial charge on any atom is 0.185 e. The molecule has 3 heteroatoms. The molecule has 0 aliphatic carbocycles. The van der Waals surface area contributed by atoms with Crippen LogP contribution in [0.15, 0.2) is 78.9 Å². The highest BCUT2D eigenvalue weighted by molar-refractivity contribution is 5.68. The zero-order valence-corrected chi connectivity index (χ0v) is 16.9. The second kappa shape index (κ2) is 7.08. The summed E-state index contributed by atoms with van der Waals surface area (Å²) >= 11 is 0. The van der Waals surface area contributed by atoms with Crippen LogP contribution < -0.4 is 5.32 Å². The first kappa shape index (κ1) is 18.7. The molecule has 1 saturated heterocycles. The van der Waals surface area contributed by atoms with E-state index >= 15 is 0 Å². The van der Waals surface area contributed by atoms with Crippen molar-refractivity contribution < 1.29 is 9.47 Å². The normalized spacial score (nSPS) is 18.1. The first-order valence-corrected chi connectivity index (χ1v) is 9.72. The van der Waals surface area contributed by atoms with E-state index in [1.165, 1.54) is 11.1 Å². The average Bonchev–Trinajstić information content (AvgIpc) is 2.91. The van der Waals surface area contributed by atoms with Gasteiger partial charge in [-0.2, -0.15) is 0 Å². The summed E-state index contributed by atoms with van der Waals surface area (Å²) in [5.41, 5.74) is 4.91. The lowest BCUT2D eigenvalue weighted by molar-refractivity contribution is -0.0895. The molecule has 0 aromatic heterocycles. The molecule has 0 unspecified atom stereocenters. The largest absolute Gasteiger partial charge is 0.356 e. The molecule has 3 aromatic rings. The van der Waals surface area contributed by atoms with Gasteiger partial charge in [-0.15, -0.1) is 0 Å².